The first kappa shape index (κ1) is 21.4. The van der Waals surface area contributed by atoms with Crippen LogP contribution in [-0.4, -0.2) is 52.4 Å². The molecule has 0 saturated heterocycles. The Balaban J connectivity index is 1.74. The van der Waals surface area contributed by atoms with E-state index >= 15 is 0 Å². The number of hydrogen-bond donors (Lipinski definition) is 0. The Kier molecular flexibility index (Phi) is 6.40. The summed E-state index contributed by atoms with van der Waals surface area (Å²) >= 11 is 0. The first-order chi connectivity index (χ1) is 14.4. The highest BCUT2D eigenvalue weighted by Crippen LogP contribution is 2.33. The van der Waals surface area contributed by atoms with Crippen molar-refractivity contribution in [2.75, 3.05) is 14.2 Å². The zero-order chi connectivity index (χ0) is 21.7. The van der Waals surface area contributed by atoms with Crippen LogP contribution in [-0.2, 0) is 9.53 Å². The maximum atomic E-state index is 12.9. The molecule has 0 spiro atoms. The van der Waals surface area contributed by atoms with Crippen molar-refractivity contribution in [2.24, 2.45) is 0 Å². The molecule has 1 atom stereocenters. The highest BCUT2D eigenvalue weighted by atomic mass is 16.6. The Morgan fingerprint density at radius 3 is 2.50 bits per heavy atom. The van der Waals surface area contributed by atoms with E-state index in [9.17, 15) is 14.9 Å². The first-order valence-electron chi connectivity index (χ1n) is 10.0. The number of para-hydroxylation sites is 1. The summed E-state index contributed by atoms with van der Waals surface area (Å²) in [5, 5.41) is 14.0. The van der Waals surface area contributed by atoms with Gasteiger partial charge >= 0.3 is 5.97 Å². The minimum Gasteiger partial charge on any atom is -0.493 e. The van der Waals surface area contributed by atoms with Crippen molar-refractivity contribution in [1.29, 1.82) is 5.26 Å². The average Bonchev–Trinajstić information content (AvgIpc) is 3.23. The molecule has 1 amide bonds. The molecular formula is C22H26N4O4. The lowest BCUT2D eigenvalue weighted by Crippen LogP contribution is -2.53. The molecule has 2 aromatic rings. The molecule has 0 bridgehead atoms. The van der Waals surface area contributed by atoms with Crippen LogP contribution in [0.15, 0.2) is 36.5 Å². The normalized spacial score (nSPS) is 16.2. The van der Waals surface area contributed by atoms with Gasteiger partial charge < -0.3 is 14.4 Å². The molecular weight excluding hydrogens is 384 g/mol. The predicted octanol–water partition coefficient (Wildman–Crippen LogP) is 3.11. The molecule has 30 heavy (non-hydrogen) atoms. The Morgan fingerprint density at radius 1 is 1.23 bits per heavy atom. The molecule has 1 saturated carbocycles. The minimum atomic E-state index is -1.05. The van der Waals surface area contributed by atoms with Gasteiger partial charge in [0.05, 0.1) is 25.1 Å². The standard InChI is InChI=1S/C22H26N4O4/c1-16(20(27)25(2)22(15-23)12-8-5-9-13-22)30-21(28)19-18(29-3)14-26(24-19)17-10-6-4-7-11-17/h4,6-7,10-11,14,16H,5,8-9,12-13H2,1-3H3/t16-/m0/s1. The van der Waals surface area contributed by atoms with E-state index in [2.05, 4.69) is 11.2 Å². The number of esters is 1. The number of methoxy groups -OCH3 is 1. The zero-order valence-electron chi connectivity index (χ0n) is 17.5. The van der Waals surface area contributed by atoms with Crippen LogP contribution in [0.1, 0.15) is 49.5 Å². The molecule has 1 aliphatic carbocycles. The number of ether oxygens (including phenoxy) is 2. The summed E-state index contributed by atoms with van der Waals surface area (Å²) in [5.74, 6) is -0.920. The second kappa shape index (κ2) is 8.99. The van der Waals surface area contributed by atoms with Crippen molar-refractivity contribution in [3.05, 3.63) is 42.2 Å². The van der Waals surface area contributed by atoms with Crippen molar-refractivity contribution in [3.8, 4) is 17.5 Å². The van der Waals surface area contributed by atoms with E-state index in [0.29, 0.717) is 12.8 Å². The van der Waals surface area contributed by atoms with Gasteiger partial charge in [-0.25, -0.2) is 9.48 Å². The summed E-state index contributed by atoms with van der Waals surface area (Å²) in [6.45, 7) is 1.51. The van der Waals surface area contributed by atoms with Gasteiger partial charge in [0.1, 0.15) is 5.54 Å². The monoisotopic (exact) mass is 410 g/mol. The average molecular weight is 410 g/mol. The number of carbonyl (C=O) groups is 2. The van der Waals surface area contributed by atoms with Crippen LogP contribution in [0.3, 0.4) is 0 Å². The van der Waals surface area contributed by atoms with Gasteiger partial charge in [0.15, 0.2) is 11.9 Å². The Labute approximate surface area is 176 Å². The molecule has 3 rings (SSSR count). The maximum absolute atomic E-state index is 12.9. The molecule has 0 unspecified atom stereocenters. The van der Waals surface area contributed by atoms with Gasteiger partial charge in [-0.1, -0.05) is 37.5 Å². The fourth-order valence-corrected chi connectivity index (χ4v) is 3.77. The molecule has 0 radical (unpaired) electrons. The molecule has 8 heteroatoms. The first-order valence-corrected chi connectivity index (χ1v) is 10.0. The van der Waals surface area contributed by atoms with Crippen molar-refractivity contribution >= 4 is 11.9 Å². The molecule has 1 heterocycles. The van der Waals surface area contributed by atoms with Gasteiger partial charge in [-0.3, -0.25) is 4.79 Å². The van der Waals surface area contributed by atoms with Crippen molar-refractivity contribution in [2.45, 2.75) is 50.7 Å². The summed E-state index contributed by atoms with van der Waals surface area (Å²) in [5.41, 5.74) is -0.106. The van der Waals surface area contributed by atoms with Crippen LogP contribution in [0, 0.1) is 11.3 Å². The predicted molar refractivity (Wildman–Crippen MR) is 109 cm³/mol. The second-order valence-corrected chi connectivity index (χ2v) is 7.48. The van der Waals surface area contributed by atoms with Crippen LogP contribution < -0.4 is 4.74 Å². The van der Waals surface area contributed by atoms with Gasteiger partial charge in [0.2, 0.25) is 5.69 Å². The zero-order valence-corrected chi connectivity index (χ0v) is 17.5. The quantitative estimate of drug-likeness (QED) is 0.679. The third-order valence-corrected chi connectivity index (χ3v) is 5.61. The Bertz CT molecular complexity index is 942. The number of aromatic nitrogens is 2. The second-order valence-electron chi connectivity index (χ2n) is 7.48. The van der Waals surface area contributed by atoms with Gasteiger partial charge in [0, 0.05) is 7.05 Å². The lowest BCUT2D eigenvalue weighted by molar-refractivity contribution is -0.143. The smallest absolute Gasteiger partial charge is 0.363 e. The summed E-state index contributed by atoms with van der Waals surface area (Å²) in [4.78, 5) is 27.0. The van der Waals surface area contributed by atoms with Crippen LogP contribution >= 0.6 is 0 Å². The summed E-state index contributed by atoms with van der Waals surface area (Å²) in [6.07, 6.45) is 4.63. The molecule has 158 valence electrons. The third kappa shape index (κ3) is 4.15. The van der Waals surface area contributed by atoms with E-state index in [4.69, 9.17) is 9.47 Å². The lowest BCUT2D eigenvalue weighted by Gasteiger charge is -2.39. The van der Waals surface area contributed by atoms with Crippen LogP contribution in [0.2, 0.25) is 0 Å². The van der Waals surface area contributed by atoms with Gasteiger partial charge in [-0.2, -0.15) is 10.4 Å². The number of carbonyl (C=O) groups excluding carboxylic acids is 2. The van der Waals surface area contributed by atoms with Gasteiger partial charge in [-0.05, 0) is 31.9 Å². The van der Waals surface area contributed by atoms with Crippen LogP contribution in [0.4, 0.5) is 0 Å². The lowest BCUT2D eigenvalue weighted by atomic mass is 9.81. The van der Waals surface area contributed by atoms with Crippen LogP contribution in [0.25, 0.3) is 5.69 Å². The Morgan fingerprint density at radius 2 is 1.90 bits per heavy atom. The number of nitriles is 1. The maximum Gasteiger partial charge on any atom is 0.363 e. The van der Waals surface area contributed by atoms with E-state index in [1.807, 2.05) is 30.3 Å². The molecule has 0 aliphatic heterocycles. The Hall–Kier alpha value is -3.34. The van der Waals surface area contributed by atoms with E-state index in [-0.39, 0.29) is 11.4 Å². The number of likely N-dealkylation sites (N-methyl/N-ethyl adjacent to an activating group) is 1. The van der Waals surface area contributed by atoms with Crippen molar-refractivity contribution < 1.29 is 19.1 Å². The van der Waals surface area contributed by atoms with E-state index in [0.717, 1.165) is 24.9 Å². The summed E-state index contributed by atoms with van der Waals surface area (Å²) in [7, 11) is 3.04. The SMILES string of the molecule is COc1cn(-c2ccccc2)nc1C(=O)O[C@@H](C)C(=O)N(C)C1(C#N)CCCCC1. The molecule has 1 aromatic heterocycles. The number of hydrogen-bond acceptors (Lipinski definition) is 6. The largest absolute Gasteiger partial charge is 0.493 e. The van der Waals surface area contributed by atoms with Crippen molar-refractivity contribution in [3.63, 3.8) is 0 Å². The van der Waals surface area contributed by atoms with E-state index in [1.165, 1.54) is 23.6 Å². The molecule has 8 nitrogen and oxygen atoms in total. The fourth-order valence-electron chi connectivity index (χ4n) is 3.77. The van der Waals surface area contributed by atoms with E-state index < -0.39 is 23.5 Å². The van der Waals surface area contributed by atoms with E-state index in [1.54, 1.807) is 13.2 Å². The number of rotatable bonds is 6. The number of amides is 1. The highest BCUT2D eigenvalue weighted by molar-refractivity contribution is 5.93. The molecule has 0 N–H and O–H groups in total. The number of nitrogens with zero attached hydrogens (tertiary/aromatic N) is 4. The molecule has 1 aliphatic rings. The summed E-state index contributed by atoms with van der Waals surface area (Å²) in [6, 6.07) is 11.6. The highest BCUT2D eigenvalue weighted by Gasteiger charge is 2.41. The topological polar surface area (TPSA) is 97.5 Å². The number of benzene rings is 1. The minimum absolute atomic E-state index is 0.0173. The van der Waals surface area contributed by atoms with Crippen LogP contribution in [0.5, 0.6) is 5.75 Å². The molecule has 1 fully saturated rings. The van der Waals surface area contributed by atoms with Gasteiger partial charge in [-0.15, -0.1) is 0 Å². The van der Waals surface area contributed by atoms with Crippen molar-refractivity contribution in [1.82, 2.24) is 14.7 Å². The van der Waals surface area contributed by atoms with Gasteiger partial charge in [0.25, 0.3) is 5.91 Å². The third-order valence-electron chi connectivity index (χ3n) is 5.61. The fraction of sp³-hybridized carbons (Fsp3) is 0.455. The summed E-state index contributed by atoms with van der Waals surface area (Å²) < 4.78 is 12.2. The molecule has 1 aromatic carbocycles.